The highest BCUT2D eigenvalue weighted by Gasteiger charge is 2.19. The second-order valence-electron chi connectivity index (χ2n) is 6.23. The van der Waals surface area contributed by atoms with E-state index in [9.17, 15) is 17.6 Å². The Bertz CT molecular complexity index is 978. The Balaban J connectivity index is 2.17. The Hall–Kier alpha value is -2.16. The zero-order chi connectivity index (χ0) is 20.4. The van der Waals surface area contributed by atoms with Crippen molar-refractivity contribution >= 4 is 38.9 Å². The van der Waals surface area contributed by atoms with Gasteiger partial charge < -0.3 is 10.6 Å². The molecule has 0 saturated carbocycles. The Labute approximate surface area is 163 Å². The molecule has 0 aliphatic carbocycles. The molecule has 0 heterocycles. The second kappa shape index (κ2) is 8.24. The lowest BCUT2D eigenvalue weighted by Gasteiger charge is -2.17. The number of sulfonamides is 1. The van der Waals surface area contributed by atoms with Crippen LogP contribution in [-0.4, -0.2) is 39.3 Å². The van der Waals surface area contributed by atoms with Crippen LogP contribution >= 0.6 is 11.6 Å². The highest BCUT2D eigenvalue weighted by Crippen LogP contribution is 2.25. The summed E-state index contributed by atoms with van der Waals surface area (Å²) in [6.07, 6.45) is 0. The van der Waals surface area contributed by atoms with Crippen LogP contribution in [0.5, 0.6) is 0 Å². The minimum atomic E-state index is -3.60. The molecular weight excluding hydrogens is 393 g/mol. The highest BCUT2D eigenvalue weighted by atomic mass is 35.5. The predicted molar refractivity (Wildman–Crippen MR) is 105 cm³/mol. The molecule has 0 aliphatic heterocycles. The number of carbonyl (C=O) groups is 1. The van der Waals surface area contributed by atoms with Gasteiger partial charge in [-0.05, 0) is 55.3 Å². The van der Waals surface area contributed by atoms with Crippen molar-refractivity contribution in [1.82, 2.24) is 4.31 Å². The van der Waals surface area contributed by atoms with Crippen LogP contribution in [0.25, 0.3) is 0 Å². The van der Waals surface area contributed by atoms with E-state index in [1.54, 1.807) is 13.0 Å². The molecule has 2 aromatic carbocycles. The van der Waals surface area contributed by atoms with Crippen molar-refractivity contribution < 1.29 is 17.6 Å². The maximum absolute atomic E-state index is 13.8. The lowest BCUT2D eigenvalue weighted by atomic mass is 10.1. The molecule has 0 atom stereocenters. The van der Waals surface area contributed by atoms with Crippen molar-refractivity contribution in [3.8, 4) is 0 Å². The summed E-state index contributed by atoms with van der Waals surface area (Å²) < 4.78 is 39.6. The van der Waals surface area contributed by atoms with E-state index in [0.29, 0.717) is 5.69 Å². The van der Waals surface area contributed by atoms with Crippen molar-refractivity contribution in [2.45, 2.75) is 18.7 Å². The van der Waals surface area contributed by atoms with Gasteiger partial charge in [0, 0.05) is 24.8 Å². The van der Waals surface area contributed by atoms with Gasteiger partial charge in [-0.15, -0.1) is 0 Å². The Morgan fingerprint density at radius 2 is 1.81 bits per heavy atom. The molecule has 0 radical (unpaired) electrons. The molecule has 0 bridgehead atoms. The number of hydrogen-bond acceptors (Lipinski definition) is 4. The zero-order valence-corrected chi connectivity index (χ0v) is 17.0. The first-order valence-corrected chi connectivity index (χ1v) is 9.86. The van der Waals surface area contributed by atoms with Crippen LogP contribution in [0.2, 0.25) is 5.02 Å². The van der Waals surface area contributed by atoms with Crippen molar-refractivity contribution in [3.05, 3.63) is 52.3 Å². The average Bonchev–Trinajstić information content (AvgIpc) is 2.58. The lowest BCUT2D eigenvalue weighted by molar-refractivity contribution is -0.114. The predicted octanol–water partition coefficient (Wildman–Crippen LogP) is 3.40. The molecular formula is C18H21ClFN3O3S. The maximum Gasteiger partial charge on any atom is 0.243 e. The van der Waals surface area contributed by atoms with E-state index < -0.39 is 21.7 Å². The molecule has 0 unspecified atom stereocenters. The number of rotatable bonds is 6. The molecule has 6 nitrogen and oxygen atoms in total. The zero-order valence-electron chi connectivity index (χ0n) is 15.4. The van der Waals surface area contributed by atoms with Crippen LogP contribution < -0.4 is 10.6 Å². The van der Waals surface area contributed by atoms with E-state index in [2.05, 4.69) is 10.6 Å². The minimum absolute atomic E-state index is 0.0167. The van der Waals surface area contributed by atoms with Gasteiger partial charge in [-0.2, -0.15) is 0 Å². The highest BCUT2D eigenvalue weighted by molar-refractivity contribution is 7.89. The summed E-state index contributed by atoms with van der Waals surface area (Å²) in [6.45, 7) is 3.45. The number of halogens is 2. The SMILES string of the molecule is Cc1cc(S(=O)(=O)N(C)C)cc(NCC(=O)Nc2ccc(Cl)cc2F)c1C. The summed E-state index contributed by atoms with van der Waals surface area (Å²) in [6, 6.07) is 7.01. The van der Waals surface area contributed by atoms with Gasteiger partial charge in [0.15, 0.2) is 0 Å². The van der Waals surface area contributed by atoms with Gasteiger partial charge in [0.05, 0.1) is 17.1 Å². The van der Waals surface area contributed by atoms with E-state index in [0.717, 1.165) is 21.5 Å². The monoisotopic (exact) mass is 413 g/mol. The van der Waals surface area contributed by atoms with E-state index >= 15 is 0 Å². The smallest absolute Gasteiger partial charge is 0.243 e. The van der Waals surface area contributed by atoms with Gasteiger partial charge in [-0.25, -0.2) is 17.1 Å². The van der Waals surface area contributed by atoms with Crippen molar-refractivity contribution in [2.75, 3.05) is 31.3 Å². The number of nitrogens with one attached hydrogen (secondary N) is 2. The quantitative estimate of drug-likeness (QED) is 0.760. The van der Waals surface area contributed by atoms with Gasteiger partial charge in [-0.3, -0.25) is 4.79 Å². The third-order valence-corrected chi connectivity index (χ3v) is 6.09. The largest absolute Gasteiger partial charge is 0.376 e. The summed E-state index contributed by atoms with van der Waals surface area (Å²) in [7, 11) is -0.705. The Morgan fingerprint density at radius 3 is 2.41 bits per heavy atom. The van der Waals surface area contributed by atoms with Crippen LogP contribution in [-0.2, 0) is 14.8 Å². The van der Waals surface area contributed by atoms with Crippen LogP contribution in [0, 0.1) is 19.7 Å². The summed E-state index contributed by atoms with van der Waals surface area (Å²) in [5.74, 6) is -1.11. The molecule has 2 N–H and O–H groups in total. The topological polar surface area (TPSA) is 78.5 Å². The van der Waals surface area contributed by atoms with Gasteiger partial charge in [-0.1, -0.05) is 11.6 Å². The fourth-order valence-corrected chi connectivity index (χ4v) is 3.50. The third-order valence-electron chi connectivity index (χ3n) is 4.06. The van der Waals surface area contributed by atoms with Crippen molar-refractivity contribution in [1.29, 1.82) is 0 Å². The number of nitrogens with zero attached hydrogens (tertiary/aromatic N) is 1. The number of carbonyl (C=O) groups excluding carboxylic acids is 1. The molecule has 2 rings (SSSR count). The third kappa shape index (κ3) is 4.97. The number of benzene rings is 2. The molecule has 0 saturated heterocycles. The molecule has 0 aromatic heterocycles. The maximum atomic E-state index is 13.8. The fourth-order valence-electron chi connectivity index (χ4n) is 2.33. The standard InChI is InChI=1S/C18H21ClFN3O3S/c1-11-7-14(27(25,26)23(3)4)9-17(12(11)2)21-10-18(24)22-16-6-5-13(19)8-15(16)20/h5-9,21H,10H2,1-4H3,(H,22,24). The summed E-state index contributed by atoms with van der Waals surface area (Å²) >= 11 is 5.68. The van der Waals surface area contributed by atoms with E-state index in [1.807, 2.05) is 6.92 Å². The number of amides is 1. The number of hydrogen-bond donors (Lipinski definition) is 2. The van der Waals surface area contributed by atoms with Gasteiger partial charge in [0.25, 0.3) is 0 Å². The molecule has 1 amide bonds. The van der Waals surface area contributed by atoms with Crippen molar-refractivity contribution in [3.63, 3.8) is 0 Å². The number of anilines is 2. The van der Waals surface area contributed by atoms with E-state index in [1.165, 1.54) is 32.3 Å². The van der Waals surface area contributed by atoms with Gasteiger partial charge in [0.2, 0.25) is 15.9 Å². The summed E-state index contributed by atoms with van der Waals surface area (Å²) in [4.78, 5) is 12.2. The van der Waals surface area contributed by atoms with Crippen molar-refractivity contribution in [2.24, 2.45) is 0 Å². The first kappa shape index (κ1) is 21.1. The van der Waals surface area contributed by atoms with Crippen LogP contribution in [0.1, 0.15) is 11.1 Å². The van der Waals surface area contributed by atoms with E-state index in [4.69, 9.17) is 11.6 Å². The average molecular weight is 414 g/mol. The first-order valence-electron chi connectivity index (χ1n) is 8.05. The Morgan fingerprint density at radius 1 is 1.15 bits per heavy atom. The van der Waals surface area contributed by atoms with Gasteiger partial charge >= 0.3 is 0 Å². The van der Waals surface area contributed by atoms with Crippen LogP contribution in [0.15, 0.2) is 35.2 Å². The van der Waals surface area contributed by atoms with E-state index in [-0.39, 0.29) is 22.2 Å². The molecule has 27 heavy (non-hydrogen) atoms. The molecule has 146 valence electrons. The normalized spacial score (nSPS) is 11.5. The Kier molecular flexibility index (Phi) is 6.46. The number of aryl methyl sites for hydroxylation is 1. The molecule has 0 fully saturated rings. The fraction of sp³-hybridized carbons (Fsp3) is 0.278. The minimum Gasteiger partial charge on any atom is -0.376 e. The van der Waals surface area contributed by atoms with Gasteiger partial charge in [0.1, 0.15) is 5.82 Å². The second-order valence-corrected chi connectivity index (χ2v) is 8.81. The lowest BCUT2D eigenvalue weighted by Crippen LogP contribution is -2.24. The van der Waals surface area contributed by atoms with Crippen LogP contribution in [0.3, 0.4) is 0 Å². The molecule has 9 heteroatoms. The first-order chi connectivity index (χ1) is 12.5. The van der Waals surface area contributed by atoms with Crippen LogP contribution in [0.4, 0.5) is 15.8 Å². The molecule has 0 spiro atoms. The summed E-state index contributed by atoms with van der Waals surface area (Å²) in [5.41, 5.74) is 2.12. The summed E-state index contributed by atoms with van der Waals surface area (Å²) in [5, 5.41) is 5.59. The molecule has 2 aromatic rings. The molecule has 0 aliphatic rings.